The molecule has 1 fully saturated rings. The molecule has 1 saturated heterocycles. The molecule has 134 valence electrons. The number of nitrogens with zero attached hydrogens (tertiary/aromatic N) is 1. The second kappa shape index (κ2) is 7.48. The molecular weight excluding hydrogens is 375 g/mol. The normalized spacial score (nSPS) is 16.7. The van der Waals surface area contributed by atoms with Crippen molar-refractivity contribution in [1.82, 2.24) is 0 Å². The second-order valence-electron chi connectivity index (χ2n) is 6.13. The Morgan fingerprint density at radius 1 is 1.12 bits per heavy atom. The fourth-order valence-electron chi connectivity index (χ4n) is 2.84. The Balaban J connectivity index is 1.72. The Hall–Kier alpha value is -2.37. The first-order valence-corrected chi connectivity index (χ1v) is 8.78. The van der Waals surface area contributed by atoms with E-state index in [9.17, 15) is 14.4 Å². The van der Waals surface area contributed by atoms with Gasteiger partial charge in [0.05, 0.1) is 16.0 Å². The quantitative estimate of drug-likeness (QED) is 0.795. The number of hydrogen-bond donors (Lipinski definition) is 1. The van der Waals surface area contributed by atoms with E-state index >= 15 is 0 Å². The number of benzene rings is 2. The van der Waals surface area contributed by atoms with Crippen molar-refractivity contribution in [3.63, 3.8) is 0 Å². The van der Waals surface area contributed by atoms with E-state index in [4.69, 9.17) is 23.2 Å². The van der Waals surface area contributed by atoms with Crippen LogP contribution in [0.25, 0.3) is 0 Å². The smallest absolute Gasteiger partial charge is 0.229 e. The predicted molar refractivity (Wildman–Crippen MR) is 102 cm³/mol. The van der Waals surface area contributed by atoms with Gasteiger partial charge in [0.2, 0.25) is 11.8 Å². The van der Waals surface area contributed by atoms with Gasteiger partial charge in [-0.3, -0.25) is 14.4 Å². The lowest BCUT2D eigenvalue weighted by Gasteiger charge is -2.17. The molecule has 0 aromatic heterocycles. The maximum Gasteiger partial charge on any atom is 0.229 e. The third-order valence-electron chi connectivity index (χ3n) is 4.25. The number of halogens is 2. The Morgan fingerprint density at radius 2 is 1.88 bits per heavy atom. The Labute approximate surface area is 160 Å². The van der Waals surface area contributed by atoms with Gasteiger partial charge in [0.1, 0.15) is 0 Å². The van der Waals surface area contributed by atoms with Gasteiger partial charge in [0, 0.05) is 29.9 Å². The highest BCUT2D eigenvalue weighted by molar-refractivity contribution is 6.42. The highest BCUT2D eigenvalue weighted by Crippen LogP contribution is 2.28. The average Bonchev–Trinajstić information content (AvgIpc) is 3.00. The third-order valence-corrected chi connectivity index (χ3v) is 4.99. The van der Waals surface area contributed by atoms with Crippen LogP contribution in [0.5, 0.6) is 0 Å². The first kappa shape index (κ1) is 18.4. The molecule has 1 aliphatic heterocycles. The number of hydrogen-bond acceptors (Lipinski definition) is 3. The Morgan fingerprint density at radius 3 is 2.58 bits per heavy atom. The zero-order chi connectivity index (χ0) is 18.8. The Bertz CT molecular complexity index is 898. The number of anilines is 2. The molecule has 0 aliphatic carbocycles. The van der Waals surface area contributed by atoms with Crippen molar-refractivity contribution < 1.29 is 14.4 Å². The van der Waals surface area contributed by atoms with Gasteiger partial charge in [-0.25, -0.2) is 0 Å². The van der Waals surface area contributed by atoms with Gasteiger partial charge in [-0.15, -0.1) is 0 Å². The number of amides is 2. The van der Waals surface area contributed by atoms with E-state index in [0.717, 1.165) is 0 Å². The molecule has 7 heteroatoms. The standard InChI is InChI=1S/C19H16Cl2N2O3/c1-11(24)12-3-2-4-15(7-12)23-10-13(8-18(23)25)19(26)22-14-5-6-16(20)17(21)9-14/h2-7,9,13H,8,10H2,1H3,(H,22,26). The SMILES string of the molecule is CC(=O)c1cccc(N2CC(C(=O)Nc3ccc(Cl)c(Cl)c3)CC2=O)c1. The number of ketones is 1. The zero-order valence-corrected chi connectivity index (χ0v) is 15.5. The zero-order valence-electron chi connectivity index (χ0n) is 14.0. The summed E-state index contributed by atoms with van der Waals surface area (Å²) in [4.78, 5) is 37.9. The lowest BCUT2D eigenvalue weighted by Crippen LogP contribution is -2.28. The largest absolute Gasteiger partial charge is 0.326 e. The summed E-state index contributed by atoms with van der Waals surface area (Å²) in [5.41, 5.74) is 1.67. The topological polar surface area (TPSA) is 66.5 Å². The van der Waals surface area contributed by atoms with Crippen molar-refractivity contribution in [2.75, 3.05) is 16.8 Å². The van der Waals surface area contributed by atoms with Crippen LogP contribution in [0.3, 0.4) is 0 Å². The molecule has 1 N–H and O–H groups in total. The lowest BCUT2D eigenvalue weighted by atomic mass is 10.1. The van der Waals surface area contributed by atoms with Gasteiger partial charge < -0.3 is 10.2 Å². The molecule has 1 aliphatic rings. The van der Waals surface area contributed by atoms with E-state index in [1.165, 1.54) is 11.8 Å². The number of Topliss-reactive ketones (excluding diaryl/α,β-unsaturated/α-hetero) is 1. The van der Waals surface area contributed by atoms with E-state index in [1.807, 2.05) is 0 Å². The summed E-state index contributed by atoms with van der Waals surface area (Å²) in [6, 6.07) is 11.6. The molecule has 2 amide bonds. The minimum absolute atomic E-state index is 0.0765. The van der Waals surface area contributed by atoms with Crippen LogP contribution in [0.15, 0.2) is 42.5 Å². The summed E-state index contributed by atoms with van der Waals surface area (Å²) in [5, 5.41) is 3.50. The molecule has 0 radical (unpaired) electrons. The van der Waals surface area contributed by atoms with E-state index in [-0.39, 0.29) is 30.6 Å². The summed E-state index contributed by atoms with van der Waals surface area (Å²) in [6.45, 7) is 1.73. The van der Waals surface area contributed by atoms with Crippen LogP contribution in [0.1, 0.15) is 23.7 Å². The monoisotopic (exact) mass is 390 g/mol. The van der Waals surface area contributed by atoms with E-state index < -0.39 is 5.92 Å². The first-order valence-electron chi connectivity index (χ1n) is 8.02. The van der Waals surface area contributed by atoms with Crippen LogP contribution in [-0.4, -0.2) is 24.1 Å². The maximum atomic E-state index is 12.5. The number of nitrogens with one attached hydrogen (secondary N) is 1. The van der Waals surface area contributed by atoms with E-state index in [2.05, 4.69) is 5.32 Å². The van der Waals surface area contributed by atoms with Gasteiger partial charge in [-0.05, 0) is 37.3 Å². The van der Waals surface area contributed by atoms with Crippen LogP contribution in [0, 0.1) is 5.92 Å². The molecule has 1 heterocycles. The molecule has 0 bridgehead atoms. The third kappa shape index (κ3) is 3.89. The van der Waals surface area contributed by atoms with Crippen LogP contribution >= 0.6 is 23.2 Å². The van der Waals surface area contributed by atoms with Gasteiger partial charge in [-0.1, -0.05) is 35.3 Å². The number of rotatable bonds is 4. The van der Waals surface area contributed by atoms with Crippen LogP contribution in [-0.2, 0) is 9.59 Å². The minimum Gasteiger partial charge on any atom is -0.326 e. The number of carbonyl (C=O) groups excluding carboxylic acids is 3. The van der Waals surface area contributed by atoms with Crippen molar-refractivity contribution >= 4 is 52.2 Å². The second-order valence-corrected chi connectivity index (χ2v) is 6.94. The van der Waals surface area contributed by atoms with Crippen LogP contribution < -0.4 is 10.2 Å². The van der Waals surface area contributed by atoms with Gasteiger partial charge in [-0.2, -0.15) is 0 Å². The predicted octanol–water partition coefficient (Wildman–Crippen LogP) is 4.19. The van der Waals surface area contributed by atoms with Crippen molar-refractivity contribution in [3.05, 3.63) is 58.1 Å². The van der Waals surface area contributed by atoms with Crippen LogP contribution in [0.4, 0.5) is 11.4 Å². The fraction of sp³-hybridized carbons (Fsp3) is 0.211. The summed E-state index contributed by atoms with van der Waals surface area (Å²) in [6.07, 6.45) is 0.109. The molecule has 2 aromatic carbocycles. The van der Waals surface area contributed by atoms with Crippen molar-refractivity contribution in [1.29, 1.82) is 0 Å². The van der Waals surface area contributed by atoms with Crippen LogP contribution in [0.2, 0.25) is 10.0 Å². The highest BCUT2D eigenvalue weighted by atomic mass is 35.5. The molecule has 0 saturated carbocycles. The highest BCUT2D eigenvalue weighted by Gasteiger charge is 2.35. The molecule has 1 unspecified atom stereocenters. The van der Waals surface area contributed by atoms with Crippen molar-refractivity contribution in [2.24, 2.45) is 5.92 Å². The molecular formula is C19H16Cl2N2O3. The molecule has 26 heavy (non-hydrogen) atoms. The summed E-state index contributed by atoms with van der Waals surface area (Å²) in [5.74, 6) is -0.979. The number of carbonyl (C=O) groups is 3. The molecule has 5 nitrogen and oxygen atoms in total. The first-order chi connectivity index (χ1) is 12.3. The van der Waals surface area contributed by atoms with E-state index in [0.29, 0.717) is 27.0 Å². The molecule has 3 rings (SSSR count). The Kier molecular flexibility index (Phi) is 5.30. The molecule has 2 aromatic rings. The van der Waals surface area contributed by atoms with Gasteiger partial charge >= 0.3 is 0 Å². The molecule has 0 spiro atoms. The average molecular weight is 391 g/mol. The van der Waals surface area contributed by atoms with Crippen molar-refractivity contribution in [2.45, 2.75) is 13.3 Å². The van der Waals surface area contributed by atoms with Gasteiger partial charge in [0.15, 0.2) is 5.78 Å². The maximum absolute atomic E-state index is 12.5. The molecule has 1 atom stereocenters. The van der Waals surface area contributed by atoms with E-state index in [1.54, 1.807) is 42.5 Å². The van der Waals surface area contributed by atoms with Crippen molar-refractivity contribution in [3.8, 4) is 0 Å². The lowest BCUT2D eigenvalue weighted by molar-refractivity contribution is -0.122. The fourth-order valence-corrected chi connectivity index (χ4v) is 3.14. The summed E-state index contributed by atoms with van der Waals surface area (Å²) >= 11 is 11.8. The summed E-state index contributed by atoms with van der Waals surface area (Å²) in [7, 11) is 0. The van der Waals surface area contributed by atoms with Gasteiger partial charge in [0.25, 0.3) is 0 Å². The minimum atomic E-state index is -0.488. The summed E-state index contributed by atoms with van der Waals surface area (Å²) < 4.78 is 0.